The molecule has 12 rings (SSSR count). The van der Waals surface area contributed by atoms with Crippen molar-refractivity contribution < 1.29 is 4.42 Å². The first-order valence-corrected chi connectivity index (χ1v) is 22.3. The fourth-order valence-corrected chi connectivity index (χ4v) is 11.7. The number of benzene rings is 7. The highest BCUT2D eigenvalue weighted by Gasteiger charge is 2.45. The molecule has 0 aliphatic carbocycles. The summed E-state index contributed by atoms with van der Waals surface area (Å²) in [6.07, 6.45) is 0. The Balaban J connectivity index is 1.24. The second-order valence-corrected chi connectivity index (χ2v) is 21.8. The maximum Gasteiger partial charge on any atom is 0.333 e. The number of nitrogens with zero attached hydrogens (tertiary/aromatic N) is 2. The molecule has 0 unspecified atom stereocenters. The van der Waals surface area contributed by atoms with Gasteiger partial charge < -0.3 is 13.8 Å². The molecule has 3 nitrogen and oxygen atoms in total. The number of para-hydroxylation sites is 1. The first-order chi connectivity index (χ1) is 28.5. The maximum absolute atomic E-state index is 6.59. The molecule has 10 aromatic rings. The minimum Gasteiger partial charge on any atom is -0.456 e. The monoisotopic (exact) mass is 796 g/mol. The molecule has 60 heavy (non-hydrogen) atoms. The lowest BCUT2D eigenvalue weighted by Crippen LogP contribution is -2.60. The summed E-state index contributed by atoms with van der Waals surface area (Å²) in [7, 11) is 0. The van der Waals surface area contributed by atoms with Gasteiger partial charge in [-0.15, -0.1) is 11.3 Å². The molecule has 0 saturated carbocycles. The van der Waals surface area contributed by atoms with E-state index in [9.17, 15) is 0 Å². The van der Waals surface area contributed by atoms with E-state index in [2.05, 4.69) is 194 Å². The van der Waals surface area contributed by atoms with E-state index in [1.165, 1.54) is 109 Å². The SMILES string of the molecule is Cc1cc2c3c4c1c1cc5c(cc1n4-c1ccc(C(C)(C)C)cc1B3N(c1ccc(C(C)(C)C)cc1)c1cc3sc4cc(C(C)(C)C)ccc4c3cc1-2)oc1ccccc15. The zero-order valence-corrected chi connectivity index (χ0v) is 37.1. The van der Waals surface area contributed by atoms with E-state index in [1.807, 2.05) is 11.3 Å². The molecule has 2 aliphatic heterocycles. The smallest absolute Gasteiger partial charge is 0.333 e. The van der Waals surface area contributed by atoms with Crippen molar-refractivity contribution in [3.05, 3.63) is 138 Å². The number of hydrogen-bond donors (Lipinski definition) is 0. The van der Waals surface area contributed by atoms with Gasteiger partial charge in [-0.1, -0.05) is 123 Å². The number of hydrogen-bond acceptors (Lipinski definition) is 3. The van der Waals surface area contributed by atoms with Crippen molar-refractivity contribution in [3.63, 3.8) is 0 Å². The third-order valence-corrected chi connectivity index (χ3v) is 14.9. The van der Waals surface area contributed by atoms with Gasteiger partial charge in [-0.25, -0.2) is 0 Å². The Bertz CT molecular complexity index is 3500. The summed E-state index contributed by atoms with van der Waals surface area (Å²) >= 11 is 1.93. The van der Waals surface area contributed by atoms with Gasteiger partial charge in [0, 0.05) is 70.4 Å². The molecule has 0 fully saturated rings. The molecule has 3 aromatic heterocycles. The topological polar surface area (TPSA) is 21.3 Å². The minimum atomic E-state index is -0.0478. The molecular weight excluding hydrogens is 747 g/mol. The summed E-state index contributed by atoms with van der Waals surface area (Å²) in [6.45, 7) is 23.1. The Morgan fingerprint density at radius 2 is 1.22 bits per heavy atom. The van der Waals surface area contributed by atoms with Crippen LogP contribution in [0.2, 0.25) is 0 Å². The van der Waals surface area contributed by atoms with Gasteiger partial charge in [0.05, 0.1) is 11.0 Å². The summed E-state index contributed by atoms with van der Waals surface area (Å²) in [4.78, 5) is 2.69. The second-order valence-electron chi connectivity index (χ2n) is 20.7. The van der Waals surface area contributed by atoms with Gasteiger partial charge >= 0.3 is 6.85 Å². The third-order valence-electron chi connectivity index (χ3n) is 13.7. The van der Waals surface area contributed by atoms with Gasteiger partial charge in [-0.05, 0) is 110 Å². The molecule has 294 valence electrons. The van der Waals surface area contributed by atoms with Crippen LogP contribution in [0.4, 0.5) is 11.4 Å². The van der Waals surface area contributed by atoms with E-state index in [0.717, 1.165) is 16.6 Å². The summed E-state index contributed by atoms with van der Waals surface area (Å²) < 4.78 is 11.9. The molecule has 5 heteroatoms. The van der Waals surface area contributed by atoms with Crippen molar-refractivity contribution in [2.24, 2.45) is 0 Å². The predicted octanol–water partition coefficient (Wildman–Crippen LogP) is 14.5. The molecule has 0 bridgehead atoms. The first-order valence-electron chi connectivity index (χ1n) is 21.5. The molecule has 0 radical (unpaired) electrons. The van der Waals surface area contributed by atoms with Crippen LogP contribution in [0.5, 0.6) is 0 Å². The van der Waals surface area contributed by atoms with Gasteiger partial charge in [-0.2, -0.15) is 0 Å². The van der Waals surface area contributed by atoms with Gasteiger partial charge in [0.1, 0.15) is 11.2 Å². The molecule has 7 aromatic carbocycles. The van der Waals surface area contributed by atoms with Crippen molar-refractivity contribution in [3.8, 4) is 16.8 Å². The van der Waals surface area contributed by atoms with Crippen LogP contribution in [0.25, 0.3) is 80.7 Å². The highest BCUT2D eigenvalue weighted by Crippen LogP contribution is 2.50. The van der Waals surface area contributed by atoms with Gasteiger partial charge in [0.15, 0.2) is 0 Å². The average molecular weight is 797 g/mol. The van der Waals surface area contributed by atoms with Crippen molar-refractivity contribution in [2.45, 2.75) is 85.5 Å². The van der Waals surface area contributed by atoms with Crippen LogP contribution in [0.1, 0.15) is 84.6 Å². The Kier molecular flexibility index (Phi) is 7.06. The van der Waals surface area contributed by atoms with Crippen LogP contribution in [0.15, 0.2) is 120 Å². The molecule has 0 N–H and O–H groups in total. The van der Waals surface area contributed by atoms with Crippen LogP contribution >= 0.6 is 11.3 Å². The van der Waals surface area contributed by atoms with E-state index >= 15 is 0 Å². The molecular formula is C55H49BN2OS. The third kappa shape index (κ3) is 4.90. The molecule has 0 amide bonds. The summed E-state index contributed by atoms with van der Waals surface area (Å²) in [5.41, 5.74) is 18.9. The van der Waals surface area contributed by atoms with Crippen molar-refractivity contribution in [1.82, 2.24) is 4.57 Å². The lowest BCUT2D eigenvalue weighted by molar-refractivity contribution is 0.590. The number of furan rings is 1. The van der Waals surface area contributed by atoms with E-state index < -0.39 is 0 Å². The van der Waals surface area contributed by atoms with Crippen LogP contribution < -0.4 is 15.7 Å². The lowest BCUT2D eigenvalue weighted by atomic mass is 9.43. The first kappa shape index (κ1) is 36.1. The number of fused-ring (bicyclic) bond motifs is 14. The quantitative estimate of drug-likeness (QED) is 0.154. The van der Waals surface area contributed by atoms with Crippen molar-refractivity contribution >= 4 is 104 Å². The van der Waals surface area contributed by atoms with E-state index in [1.54, 1.807) is 0 Å². The maximum atomic E-state index is 6.59. The molecule has 2 aliphatic rings. The Morgan fingerprint density at radius 1 is 0.533 bits per heavy atom. The lowest BCUT2D eigenvalue weighted by Gasteiger charge is -2.42. The number of aromatic nitrogens is 1. The Morgan fingerprint density at radius 3 is 1.97 bits per heavy atom. The molecule has 0 spiro atoms. The fraction of sp³-hybridized carbons (Fsp3) is 0.236. The Labute approximate surface area is 356 Å². The van der Waals surface area contributed by atoms with E-state index in [4.69, 9.17) is 4.42 Å². The largest absolute Gasteiger partial charge is 0.456 e. The summed E-state index contributed by atoms with van der Waals surface area (Å²) in [5.74, 6) is 0. The number of thiophene rings is 1. The molecule has 5 heterocycles. The average Bonchev–Trinajstić information content (AvgIpc) is 3.86. The molecule has 0 saturated heterocycles. The number of anilines is 2. The van der Waals surface area contributed by atoms with Crippen LogP contribution in [0.3, 0.4) is 0 Å². The summed E-state index contributed by atoms with van der Waals surface area (Å²) in [6, 6.07) is 44.6. The molecule has 0 atom stereocenters. The summed E-state index contributed by atoms with van der Waals surface area (Å²) in [5, 5.41) is 7.60. The van der Waals surface area contributed by atoms with Crippen LogP contribution in [0, 0.1) is 6.92 Å². The zero-order valence-electron chi connectivity index (χ0n) is 36.3. The van der Waals surface area contributed by atoms with Gasteiger partial charge in [0.2, 0.25) is 0 Å². The normalized spacial score (nSPS) is 14.1. The highest BCUT2D eigenvalue weighted by molar-refractivity contribution is 7.25. The van der Waals surface area contributed by atoms with Crippen LogP contribution in [-0.4, -0.2) is 11.4 Å². The van der Waals surface area contributed by atoms with Crippen LogP contribution in [-0.2, 0) is 16.2 Å². The fourth-order valence-electron chi connectivity index (χ4n) is 10.5. The minimum absolute atomic E-state index is 0.0269. The number of aryl methyl sites for hydroxylation is 1. The van der Waals surface area contributed by atoms with Gasteiger partial charge in [0.25, 0.3) is 0 Å². The standard InChI is InChI=1S/C55H49BN2OS/c1-30-23-40-37-26-39-36-21-17-33(55(8,9)10)25-48(36)60-49(39)29-45(37)58(34-19-15-31(16-20-34)53(2,3)4)56-42-24-32(54(5,6)7)18-22-43(42)57-44-28-47-38(35-13-11-12-14-46(35)59-47)27-41(44)50(30)52(57)51(40)56/h11-29H,1-10H3. The van der Waals surface area contributed by atoms with E-state index in [-0.39, 0.29) is 23.1 Å². The second kappa shape index (κ2) is 11.7. The predicted molar refractivity (Wildman–Crippen MR) is 261 cm³/mol. The van der Waals surface area contributed by atoms with Gasteiger partial charge in [-0.3, -0.25) is 0 Å². The Hall–Kier alpha value is -5.78. The van der Waals surface area contributed by atoms with E-state index in [0.29, 0.717) is 0 Å². The highest BCUT2D eigenvalue weighted by atomic mass is 32.1. The van der Waals surface area contributed by atoms with Crippen molar-refractivity contribution in [1.29, 1.82) is 0 Å². The van der Waals surface area contributed by atoms with Crippen molar-refractivity contribution in [2.75, 3.05) is 4.81 Å². The number of rotatable bonds is 1. The zero-order chi connectivity index (χ0) is 41.4.